The highest BCUT2D eigenvalue weighted by Crippen LogP contribution is 2.29. The second kappa shape index (κ2) is 20.7. The number of nitrogens with two attached hydrogens (primary N) is 1. The normalized spacial score (nSPS) is 25.5. The minimum absolute atomic E-state index is 0.0545. The minimum Gasteiger partial charge on any atom is -0.394 e. The number of hydrogen-bond acceptors (Lipinski definition) is 17. The van der Waals surface area contributed by atoms with E-state index < -0.39 is 67.6 Å². The van der Waals surface area contributed by atoms with Gasteiger partial charge in [0.1, 0.15) is 6.04 Å². The highest BCUT2D eigenvalue weighted by Gasteiger charge is 2.37. The van der Waals surface area contributed by atoms with E-state index in [0.29, 0.717) is 45.1 Å². The zero-order chi connectivity index (χ0) is 34.4. The largest absolute Gasteiger partial charge is 0.394 e. The predicted molar refractivity (Wildman–Crippen MR) is 162 cm³/mol. The number of carbonyl (C=O) groups is 2. The third-order valence-electron chi connectivity index (χ3n) is 8.56. The third kappa shape index (κ3) is 13.5. The summed E-state index contributed by atoms with van der Waals surface area (Å²) in [5.41, 5.74) is 13.2. The summed E-state index contributed by atoms with van der Waals surface area (Å²) in [5.74, 6) is -1.99. The molecule has 1 aliphatic heterocycles. The van der Waals surface area contributed by atoms with Gasteiger partial charge < -0.3 is 46.0 Å². The van der Waals surface area contributed by atoms with Gasteiger partial charge in [-0.25, -0.2) is 9.59 Å². The average molecular weight is 668 g/mol. The summed E-state index contributed by atoms with van der Waals surface area (Å²) in [4.78, 5) is 46.4. The maximum atomic E-state index is 12.9. The van der Waals surface area contributed by atoms with Gasteiger partial charge in [-0.05, 0) is 69.1 Å². The Morgan fingerprint density at radius 1 is 0.957 bits per heavy atom. The van der Waals surface area contributed by atoms with Gasteiger partial charge in [-0.15, -0.1) is 11.0 Å². The molecule has 2 rings (SSSR count). The number of rotatable bonds is 21. The van der Waals surface area contributed by atoms with Gasteiger partial charge in [0.05, 0.1) is 30.8 Å². The van der Waals surface area contributed by atoms with Crippen molar-refractivity contribution < 1.29 is 59.6 Å². The first kappa shape index (κ1) is 40.6. The van der Waals surface area contributed by atoms with Gasteiger partial charge in [-0.3, -0.25) is 9.68 Å². The zero-order valence-corrected chi connectivity index (χ0v) is 27.4. The van der Waals surface area contributed by atoms with E-state index in [9.17, 15) is 40.2 Å². The maximum absolute atomic E-state index is 12.9. The summed E-state index contributed by atoms with van der Waals surface area (Å²) in [6.07, 6.45) is 0.663. The first-order valence-corrected chi connectivity index (χ1v) is 16.3. The summed E-state index contributed by atoms with van der Waals surface area (Å²) in [5, 5.41) is 61.2. The van der Waals surface area contributed by atoms with Crippen LogP contribution in [0, 0.1) is 17.8 Å². The van der Waals surface area contributed by atoms with Gasteiger partial charge in [-0.1, -0.05) is 34.1 Å². The molecule has 0 radical (unpaired) electrons. The molecule has 2 fully saturated rings. The topological polar surface area (TPSA) is 258 Å². The molecule has 270 valence electrons. The van der Waals surface area contributed by atoms with Crippen LogP contribution in [0.2, 0.25) is 0 Å². The molecular formula is C29H57N5O12. The Balaban J connectivity index is 1.87. The zero-order valence-electron chi connectivity index (χ0n) is 27.4. The summed E-state index contributed by atoms with van der Waals surface area (Å²) < 4.78 is 0. The third-order valence-corrected chi connectivity index (χ3v) is 8.56. The van der Waals surface area contributed by atoms with Crippen LogP contribution < -0.4 is 22.2 Å². The van der Waals surface area contributed by atoms with E-state index in [-0.39, 0.29) is 30.3 Å². The van der Waals surface area contributed by atoms with Crippen LogP contribution in [0.25, 0.3) is 0 Å². The van der Waals surface area contributed by atoms with Gasteiger partial charge in [0.15, 0.2) is 24.9 Å². The molecule has 1 saturated heterocycles. The van der Waals surface area contributed by atoms with Crippen LogP contribution in [-0.4, -0.2) is 116 Å². The fourth-order valence-corrected chi connectivity index (χ4v) is 5.43. The lowest BCUT2D eigenvalue weighted by molar-refractivity contribution is -0.308. The summed E-state index contributed by atoms with van der Waals surface area (Å²) in [6, 6.07) is -4.92. The molecule has 11 N–H and O–H groups in total. The van der Waals surface area contributed by atoms with E-state index in [4.69, 9.17) is 25.1 Å². The molecule has 1 saturated carbocycles. The van der Waals surface area contributed by atoms with Crippen molar-refractivity contribution in [1.29, 1.82) is 0 Å². The highest BCUT2D eigenvalue weighted by molar-refractivity contribution is 5.78. The smallest absolute Gasteiger partial charge is 0.347 e. The second-order valence-electron chi connectivity index (χ2n) is 12.9. The van der Waals surface area contributed by atoms with Crippen molar-refractivity contribution in [3.05, 3.63) is 0 Å². The van der Waals surface area contributed by atoms with Crippen molar-refractivity contribution in [3.63, 3.8) is 0 Å². The van der Waals surface area contributed by atoms with Gasteiger partial charge in [0.25, 0.3) is 0 Å². The molecular weight excluding hydrogens is 610 g/mol. The Morgan fingerprint density at radius 3 is 2.20 bits per heavy atom. The Hall–Kier alpha value is -1.58. The fourth-order valence-electron chi connectivity index (χ4n) is 5.43. The molecule has 0 aromatic rings. The molecule has 0 spiro atoms. The Morgan fingerprint density at radius 2 is 1.61 bits per heavy atom. The van der Waals surface area contributed by atoms with Crippen LogP contribution in [-0.2, 0) is 28.9 Å². The SMILES string of the molecule is CC[C@H](C)[C@H](NOC(O)C1CCCN1OC(O)C(N)CC1CCC(O)CC1)C(=O)ON[C@@H](CO)C(=O)ONC(CC(C)C)C(O)O. The Bertz CT molecular complexity index is 882. The van der Waals surface area contributed by atoms with Crippen molar-refractivity contribution >= 4 is 11.9 Å². The summed E-state index contributed by atoms with van der Waals surface area (Å²) >= 11 is 0. The number of aliphatic hydroxyl groups excluding tert-OH is 5. The van der Waals surface area contributed by atoms with Crippen LogP contribution in [0.15, 0.2) is 0 Å². The summed E-state index contributed by atoms with van der Waals surface area (Å²) in [6.45, 7) is 6.85. The highest BCUT2D eigenvalue weighted by atomic mass is 16.8. The Labute approximate surface area is 270 Å². The summed E-state index contributed by atoms with van der Waals surface area (Å²) in [7, 11) is 0. The molecule has 0 bridgehead atoms. The molecule has 8 atom stereocenters. The van der Waals surface area contributed by atoms with Crippen LogP contribution in [0.3, 0.4) is 0 Å². The maximum Gasteiger partial charge on any atom is 0.347 e. The first-order chi connectivity index (χ1) is 21.8. The average Bonchev–Trinajstić information content (AvgIpc) is 3.48. The molecule has 46 heavy (non-hydrogen) atoms. The van der Waals surface area contributed by atoms with Crippen LogP contribution >= 0.6 is 0 Å². The predicted octanol–water partition coefficient (Wildman–Crippen LogP) is -1.59. The van der Waals surface area contributed by atoms with Crippen molar-refractivity contribution in [1.82, 2.24) is 21.5 Å². The number of nitrogens with one attached hydrogen (secondary N) is 3. The van der Waals surface area contributed by atoms with E-state index >= 15 is 0 Å². The number of aliphatic hydroxyl groups is 6. The van der Waals surface area contributed by atoms with Crippen LogP contribution in [0.4, 0.5) is 0 Å². The quantitative estimate of drug-likeness (QED) is 0.0488. The molecule has 1 aliphatic carbocycles. The minimum atomic E-state index is -1.81. The van der Waals surface area contributed by atoms with Crippen molar-refractivity contribution in [2.24, 2.45) is 23.5 Å². The van der Waals surface area contributed by atoms with Crippen molar-refractivity contribution in [2.45, 2.75) is 141 Å². The van der Waals surface area contributed by atoms with Gasteiger partial charge in [0.2, 0.25) is 0 Å². The molecule has 1 heterocycles. The molecule has 0 amide bonds. The van der Waals surface area contributed by atoms with Gasteiger partial charge in [-0.2, -0.15) is 10.5 Å². The fraction of sp³-hybridized carbons (Fsp3) is 0.931. The van der Waals surface area contributed by atoms with Crippen molar-refractivity contribution in [2.75, 3.05) is 13.2 Å². The van der Waals surface area contributed by atoms with Gasteiger partial charge in [0, 0.05) is 6.54 Å². The standard InChI is InChI=1S/C29H57N5O12/c1-5-17(4)24(29(42)45-32-22(15-35)27(40)43-31-21(25(37)38)13-16(2)3)33-44-28(41)23-7-6-12-34(23)46-26(39)20(30)14-18-8-10-19(36)11-9-18/h16-26,28,31-33,35-39,41H,5-15,30H2,1-4H3/t17-,18?,19?,20?,21?,22-,23?,24-,26?,28?/m0/s1. The Kier molecular flexibility index (Phi) is 18.3. The number of nitrogens with zero attached hydrogens (tertiary/aromatic N) is 1. The lowest BCUT2D eigenvalue weighted by Crippen LogP contribution is -2.52. The van der Waals surface area contributed by atoms with E-state index in [0.717, 1.165) is 12.8 Å². The molecule has 0 aromatic heterocycles. The van der Waals surface area contributed by atoms with Gasteiger partial charge >= 0.3 is 11.9 Å². The van der Waals surface area contributed by atoms with E-state index in [2.05, 4.69) is 16.4 Å². The second-order valence-corrected chi connectivity index (χ2v) is 12.9. The number of hydroxylamine groups is 5. The molecule has 5 unspecified atom stereocenters. The van der Waals surface area contributed by atoms with Crippen LogP contribution in [0.1, 0.15) is 85.5 Å². The number of hydrogen-bond donors (Lipinski definition) is 10. The lowest BCUT2D eigenvalue weighted by atomic mass is 9.83. The van der Waals surface area contributed by atoms with Crippen LogP contribution in [0.5, 0.6) is 0 Å². The van der Waals surface area contributed by atoms with E-state index in [1.807, 2.05) is 20.8 Å². The number of carbonyl (C=O) groups excluding carboxylic acids is 2. The molecule has 0 aromatic carbocycles. The first-order valence-electron chi connectivity index (χ1n) is 16.3. The van der Waals surface area contributed by atoms with E-state index in [1.165, 1.54) is 5.06 Å². The monoisotopic (exact) mass is 667 g/mol. The lowest BCUT2D eigenvalue weighted by Gasteiger charge is -2.33. The van der Waals surface area contributed by atoms with E-state index in [1.54, 1.807) is 6.92 Å². The molecule has 17 heteroatoms. The molecule has 17 nitrogen and oxygen atoms in total. The van der Waals surface area contributed by atoms with Crippen molar-refractivity contribution in [3.8, 4) is 0 Å². The molecule has 2 aliphatic rings.